The quantitative estimate of drug-likeness (QED) is 0.843. The van der Waals surface area contributed by atoms with Crippen molar-refractivity contribution in [2.45, 2.75) is 12.6 Å². The van der Waals surface area contributed by atoms with Crippen LogP contribution in [0.2, 0.25) is 0 Å². The summed E-state index contributed by atoms with van der Waals surface area (Å²) < 4.78 is 6.28. The lowest BCUT2D eigenvalue weighted by atomic mass is 10.1. The molecule has 1 amide bonds. The van der Waals surface area contributed by atoms with E-state index >= 15 is 0 Å². The summed E-state index contributed by atoms with van der Waals surface area (Å²) in [4.78, 5) is 11.7. The molecule has 0 saturated heterocycles. The molecular formula is C16H17BrN2O2. The Morgan fingerprint density at radius 3 is 2.62 bits per heavy atom. The molecule has 0 aliphatic heterocycles. The lowest BCUT2D eigenvalue weighted by molar-refractivity contribution is -0.120. The Hall–Kier alpha value is -1.85. The number of carbonyl (C=O) groups excluding carboxylic acids is 1. The van der Waals surface area contributed by atoms with Gasteiger partial charge in [0.25, 0.3) is 0 Å². The van der Waals surface area contributed by atoms with Crippen molar-refractivity contribution >= 4 is 21.8 Å². The number of nitrogens with one attached hydrogen (secondary N) is 1. The summed E-state index contributed by atoms with van der Waals surface area (Å²) in [6.07, 6.45) is 0. The highest BCUT2D eigenvalue weighted by Crippen LogP contribution is 2.23. The maximum atomic E-state index is 11.7. The summed E-state index contributed by atoms with van der Waals surface area (Å²) in [5, 5.41) is 3.18. The van der Waals surface area contributed by atoms with Crippen LogP contribution in [0.25, 0.3) is 0 Å². The van der Waals surface area contributed by atoms with Crippen LogP contribution in [0.3, 0.4) is 0 Å². The van der Waals surface area contributed by atoms with Crippen LogP contribution in [0.5, 0.6) is 5.75 Å². The maximum absolute atomic E-state index is 11.7. The Morgan fingerprint density at radius 2 is 2.00 bits per heavy atom. The summed E-state index contributed by atoms with van der Waals surface area (Å²) in [5.41, 5.74) is 7.29. The first-order valence-corrected chi connectivity index (χ1v) is 7.31. The van der Waals surface area contributed by atoms with Crippen molar-refractivity contribution in [2.24, 2.45) is 5.73 Å². The van der Waals surface area contributed by atoms with Gasteiger partial charge >= 0.3 is 0 Å². The Morgan fingerprint density at radius 1 is 1.29 bits per heavy atom. The van der Waals surface area contributed by atoms with E-state index in [2.05, 4.69) is 21.2 Å². The van der Waals surface area contributed by atoms with Gasteiger partial charge in [-0.1, -0.05) is 46.3 Å². The molecule has 2 rings (SSSR count). The maximum Gasteiger partial charge on any atom is 0.239 e. The summed E-state index contributed by atoms with van der Waals surface area (Å²) in [5.74, 6) is 0.358. The third-order valence-corrected chi connectivity index (χ3v) is 3.65. The van der Waals surface area contributed by atoms with Gasteiger partial charge in [-0.15, -0.1) is 0 Å². The van der Waals surface area contributed by atoms with Crippen LogP contribution in [-0.2, 0) is 11.3 Å². The van der Waals surface area contributed by atoms with E-state index in [0.29, 0.717) is 6.54 Å². The molecule has 0 aliphatic carbocycles. The molecule has 0 radical (unpaired) electrons. The second-order valence-electron chi connectivity index (χ2n) is 4.58. The second-order valence-corrected chi connectivity index (χ2v) is 5.50. The van der Waals surface area contributed by atoms with Gasteiger partial charge in [0.05, 0.1) is 7.11 Å². The molecule has 4 nitrogen and oxygen atoms in total. The largest absolute Gasteiger partial charge is 0.496 e. The molecule has 3 N–H and O–H groups in total. The topological polar surface area (TPSA) is 64.3 Å². The highest BCUT2D eigenvalue weighted by Gasteiger charge is 2.17. The van der Waals surface area contributed by atoms with Crippen LogP contribution in [0.15, 0.2) is 53.0 Å². The van der Waals surface area contributed by atoms with Crippen LogP contribution < -0.4 is 15.8 Å². The Balaban J connectivity index is 2.16. The van der Waals surface area contributed by atoms with Gasteiger partial charge in [0.15, 0.2) is 0 Å². The molecule has 21 heavy (non-hydrogen) atoms. The highest BCUT2D eigenvalue weighted by atomic mass is 79.9. The predicted molar refractivity (Wildman–Crippen MR) is 85.9 cm³/mol. The molecular weight excluding hydrogens is 332 g/mol. The zero-order valence-corrected chi connectivity index (χ0v) is 13.3. The van der Waals surface area contributed by atoms with Gasteiger partial charge in [0.2, 0.25) is 5.91 Å². The third-order valence-electron chi connectivity index (χ3n) is 3.16. The van der Waals surface area contributed by atoms with E-state index in [1.165, 1.54) is 0 Å². The van der Waals surface area contributed by atoms with Gasteiger partial charge in [-0.05, 0) is 23.8 Å². The summed E-state index contributed by atoms with van der Waals surface area (Å²) >= 11 is 3.43. The van der Waals surface area contributed by atoms with Crippen LogP contribution in [-0.4, -0.2) is 13.0 Å². The van der Waals surface area contributed by atoms with Crippen molar-refractivity contribution < 1.29 is 9.53 Å². The number of halogens is 1. The smallest absolute Gasteiger partial charge is 0.239 e. The molecule has 5 heteroatoms. The number of primary amides is 1. The molecule has 1 atom stereocenters. The number of carbonyl (C=O) groups is 1. The molecule has 0 saturated carbocycles. The fourth-order valence-corrected chi connectivity index (χ4v) is 2.53. The van der Waals surface area contributed by atoms with E-state index in [1.54, 1.807) is 7.11 Å². The molecule has 0 heterocycles. The minimum Gasteiger partial charge on any atom is -0.496 e. The minimum absolute atomic E-state index is 0.407. The molecule has 0 aromatic heterocycles. The second kappa shape index (κ2) is 7.24. The lowest BCUT2D eigenvalue weighted by Crippen LogP contribution is -2.33. The number of ether oxygens (including phenoxy) is 1. The zero-order chi connectivity index (χ0) is 15.2. The lowest BCUT2D eigenvalue weighted by Gasteiger charge is -2.17. The van der Waals surface area contributed by atoms with Gasteiger partial charge in [0.1, 0.15) is 11.8 Å². The molecule has 0 aliphatic rings. The SMILES string of the molecule is COc1ccc(Br)cc1CN[C@@H](C(N)=O)c1ccccc1. The van der Waals surface area contributed by atoms with E-state index < -0.39 is 11.9 Å². The van der Waals surface area contributed by atoms with Crippen LogP contribution in [0.1, 0.15) is 17.2 Å². The first-order valence-electron chi connectivity index (χ1n) is 6.52. The molecule has 0 unspecified atom stereocenters. The molecule has 2 aromatic carbocycles. The minimum atomic E-state index is -0.533. The van der Waals surface area contributed by atoms with E-state index in [4.69, 9.17) is 10.5 Å². The number of nitrogens with two attached hydrogens (primary N) is 1. The zero-order valence-electron chi connectivity index (χ0n) is 11.7. The van der Waals surface area contributed by atoms with Gasteiger partial charge in [-0.25, -0.2) is 0 Å². The Bertz CT molecular complexity index is 617. The molecule has 110 valence electrons. The van der Waals surface area contributed by atoms with E-state index in [-0.39, 0.29) is 0 Å². The van der Waals surface area contributed by atoms with Crippen molar-refractivity contribution in [1.82, 2.24) is 5.32 Å². The first-order chi connectivity index (χ1) is 10.1. The molecule has 0 bridgehead atoms. The van der Waals surface area contributed by atoms with Gasteiger partial charge in [-0.3, -0.25) is 10.1 Å². The van der Waals surface area contributed by atoms with E-state index in [1.807, 2.05) is 48.5 Å². The fraction of sp³-hybridized carbons (Fsp3) is 0.188. The fourth-order valence-electron chi connectivity index (χ4n) is 2.13. The molecule has 2 aromatic rings. The number of hydrogen-bond acceptors (Lipinski definition) is 3. The van der Waals surface area contributed by atoms with Gasteiger partial charge in [0, 0.05) is 16.6 Å². The van der Waals surface area contributed by atoms with Crippen LogP contribution in [0.4, 0.5) is 0 Å². The van der Waals surface area contributed by atoms with Crippen molar-refractivity contribution in [3.63, 3.8) is 0 Å². The van der Waals surface area contributed by atoms with Crippen LogP contribution >= 0.6 is 15.9 Å². The number of benzene rings is 2. The number of rotatable bonds is 6. The Kier molecular flexibility index (Phi) is 5.36. The standard InChI is InChI=1S/C16H17BrN2O2/c1-21-14-8-7-13(17)9-12(14)10-19-15(16(18)20)11-5-3-2-4-6-11/h2-9,15,19H,10H2,1H3,(H2,18,20)/t15-/m1/s1. The van der Waals surface area contributed by atoms with E-state index in [0.717, 1.165) is 21.3 Å². The summed E-state index contributed by atoms with van der Waals surface area (Å²) in [7, 11) is 1.62. The van der Waals surface area contributed by atoms with Crippen molar-refractivity contribution in [3.8, 4) is 5.75 Å². The van der Waals surface area contributed by atoms with Crippen molar-refractivity contribution in [1.29, 1.82) is 0 Å². The number of methoxy groups -OCH3 is 1. The average Bonchev–Trinajstić information content (AvgIpc) is 2.48. The van der Waals surface area contributed by atoms with Crippen molar-refractivity contribution in [2.75, 3.05) is 7.11 Å². The molecule has 0 spiro atoms. The predicted octanol–water partition coefficient (Wildman–Crippen LogP) is 2.77. The normalized spacial score (nSPS) is 11.9. The first kappa shape index (κ1) is 15.5. The van der Waals surface area contributed by atoms with Gasteiger partial charge < -0.3 is 10.5 Å². The molecule has 0 fully saturated rings. The van der Waals surface area contributed by atoms with Crippen LogP contribution in [0, 0.1) is 0 Å². The Labute approximate surface area is 132 Å². The number of hydrogen-bond donors (Lipinski definition) is 2. The highest BCUT2D eigenvalue weighted by molar-refractivity contribution is 9.10. The number of amides is 1. The summed E-state index contributed by atoms with van der Waals surface area (Å²) in [6.45, 7) is 0.477. The summed E-state index contributed by atoms with van der Waals surface area (Å²) in [6, 6.07) is 14.6. The third kappa shape index (κ3) is 4.06. The van der Waals surface area contributed by atoms with E-state index in [9.17, 15) is 4.79 Å². The average molecular weight is 349 g/mol. The van der Waals surface area contributed by atoms with Gasteiger partial charge in [-0.2, -0.15) is 0 Å². The monoisotopic (exact) mass is 348 g/mol. The van der Waals surface area contributed by atoms with Crippen molar-refractivity contribution in [3.05, 3.63) is 64.1 Å².